The second-order valence-electron chi connectivity index (χ2n) is 9.18. The van der Waals surface area contributed by atoms with Crippen molar-refractivity contribution >= 4 is 28.5 Å². The molecule has 0 saturated carbocycles. The van der Waals surface area contributed by atoms with E-state index in [-0.39, 0.29) is 5.91 Å². The average molecular weight is 504 g/mol. The Kier molecular flexibility index (Phi) is 9.01. The largest absolute Gasteiger partial charge is 0.493 e. The minimum Gasteiger partial charge on any atom is -0.493 e. The normalized spacial score (nSPS) is 11.1. The van der Waals surface area contributed by atoms with Crippen LogP contribution in [-0.2, 0) is 24.2 Å². The monoisotopic (exact) mass is 503 g/mol. The summed E-state index contributed by atoms with van der Waals surface area (Å²) in [6.07, 6.45) is 4.00. The number of nitrogens with one attached hydrogen (secondary N) is 1. The predicted octanol–water partition coefficient (Wildman–Crippen LogP) is 6.46. The van der Waals surface area contributed by atoms with Gasteiger partial charge in [0.1, 0.15) is 11.6 Å². The van der Waals surface area contributed by atoms with Crippen molar-refractivity contribution in [3.05, 3.63) is 94.3 Å². The zero-order valence-electron chi connectivity index (χ0n) is 21.1. The predicted molar refractivity (Wildman–Crippen MR) is 147 cm³/mol. The third kappa shape index (κ3) is 6.88. The summed E-state index contributed by atoms with van der Waals surface area (Å²) in [5.74, 6) is 2.06. The molecule has 6 heteroatoms. The summed E-state index contributed by atoms with van der Waals surface area (Å²) in [4.78, 5) is 17.2. The molecular formula is C30H34ClN3O2. The fourth-order valence-electron chi connectivity index (χ4n) is 4.32. The first-order valence-electron chi connectivity index (χ1n) is 12.7. The molecule has 0 bridgehead atoms. The molecule has 1 N–H and O–H groups in total. The third-order valence-electron chi connectivity index (χ3n) is 6.50. The molecule has 4 rings (SSSR count). The summed E-state index contributed by atoms with van der Waals surface area (Å²) in [6.45, 7) is 6.44. The maximum atomic E-state index is 12.3. The molecule has 36 heavy (non-hydrogen) atoms. The Hall–Kier alpha value is -3.31. The van der Waals surface area contributed by atoms with Crippen molar-refractivity contribution in [3.8, 4) is 5.75 Å². The van der Waals surface area contributed by atoms with Gasteiger partial charge in [-0.05, 0) is 80.1 Å². The molecule has 0 aliphatic carbocycles. The lowest BCUT2D eigenvalue weighted by atomic mass is 10.1. The van der Waals surface area contributed by atoms with Crippen LogP contribution in [0.15, 0.2) is 66.7 Å². The molecule has 0 atom stereocenters. The first-order valence-corrected chi connectivity index (χ1v) is 13.0. The van der Waals surface area contributed by atoms with E-state index in [1.807, 2.05) is 42.5 Å². The van der Waals surface area contributed by atoms with Crippen molar-refractivity contribution in [1.82, 2.24) is 14.9 Å². The molecule has 0 saturated heterocycles. The molecule has 3 aromatic carbocycles. The average Bonchev–Trinajstić information content (AvgIpc) is 3.23. The number of hydrogen-bond donors (Lipinski definition) is 1. The van der Waals surface area contributed by atoms with Crippen LogP contribution in [0, 0.1) is 13.8 Å². The number of unbranched alkanes of at least 4 members (excludes halogenated alkanes) is 1. The number of para-hydroxylation sites is 2. The molecular weight excluding hydrogens is 470 g/mol. The number of imidazole rings is 1. The number of hydrogen-bond acceptors (Lipinski definition) is 3. The topological polar surface area (TPSA) is 56.1 Å². The van der Waals surface area contributed by atoms with Gasteiger partial charge in [0.15, 0.2) is 0 Å². The molecule has 1 heterocycles. The number of rotatable bonds is 12. The van der Waals surface area contributed by atoms with Gasteiger partial charge in [-0.1, -0.05) is 48.0 Å². The second-order valence-corrected chi connectivity index (χ2v) is 9.62. The van der Waals surface area contributed by atoms with Crippen LogP contribution in [0.1, 0.15) is 41.8 Å². The molecule has 0 aliphatic heterocycles. The molecule has 0 fully saturated rings. The highest BCUT2D eigenvalue weighted by Gasteiger charge is 2.11. The van der Waals surface area contributed by atoms with Crippen molar-refractivity contribution in [2.45, 2.75) is 52.5 Å². The fourth-order valence-corrected chi connectivity index (χ4v) is 4.45. The van der Waals surface area contributed by atoms with E-state index in [1.54, 1.807) is 0 Å². The van der Waals surface area contributed by atoms with Crippen LogP contribution in [0.25, 0.3) is 11.0 Å². The number of aryl methyl sites for hydroxylation is 3. The molecule has 0 unspecified atom stereocenters. The number of ether oxygens (including phenoxy) is 1. The van der Waals surface area contributed by atoms with E-state index in [1.165, 1.54) is 11.1 Å². The minimum atomic E-state index is 0.0228. The molecule has 0 aliphatic rings. The van der Waals surface area contributed by atoms with E-state index in [2.05, 4.69) is 48.0 Å². The maximum Gasteiger partial charge on any atom is 0.224 e. The number of carbonyl (C=O) groups is 1. The van der Waals surface area contributed by atoms with Gasteiger partial charge in [0.25, 0.3) is 0 Å². The highest BCUT2D eigenvalue weighted by atomic mass is 35.5. The Labute approximate surface area is 218 Å². The zero-order chi connectivity index (χ0) is 25.3. The van der Waals surface area contributed by atoms with Crippen LogP contribution in [0.5, 0.6) is 5.75 Å². The molecule has 188 valence electrons. The second kappa shape index (κ2) is 12.6. The molecule has 1 amide bonds. The summed E-state index contributed by atoms with van der Waals surface area (Å²) in [5, 5.41) is 3.70. The van der Waals surface area contributed by atoms with Crippen LogP contribution in [-0.4, -0.2) is 28.6 Å². The van der Waals surface area contributed by atoms with Gasteiger partial charge in [-0.3, -0.25) is 4.79 Å². The Morgan fingerprint density at radius 3 is 2.61 bits per heavy atom. The van der Waals surface area contributed by atoms with Gasteiger partial charge in [0, 0.05) is 24.5 Å². The van der Waals surface area contributed by atoms with Crippen molar-refractivity contribution in [2.24, 2.45) is 0 Å². The van der Waals surface area contributed by atoms with Crippen molar-refractivity contribution < 1.29 is 9.53 Å². The lowest BCUT2D eigenvalue weighted by molar-refractivity contribution is -0.120. The SMILES string of the molecule is Cc1cccc(OCCCCn2c(CCCNC(=O)Cc3ccc(Cl)cc3)nc3ccccc32)c1C. The Morgan fingerprint density at radius 2 is 1.78 bits per heavy atom. The number of aromatic nitrogens is 2. The van der Waals surface area contributed by atoms with Crippen LogP contribution in [0.2, 0.25) is 5.02 Å². The van der Waals surface area contributed by atoms with E-state index < -0.39 is 0 Å². The van der Waals surface area contributed by atoms with Crippen LogP contribution in [0.4, 0.5) is 0 Å². The van der Waals surface area contributed by atoms with E-state index in [9.17, 15) is 4.79 Å². The lowest BCUT2D eigenvalue weighted by Crippen LogP contribution is -2.26. The number of carbonyl (C=O) groups excluding carboxylic acids is 1. The van der Waals surface area contributed by atoms with E-state index in [4.69, 9.17) is 21.3 Å². The number of fused-ring (bicyclic) bond motifs is 1. The van der Waals surface area contributed by atoms with E-state index >= 15 is 0 Å². The van der Waals surface area contributed by atoms with Gasteiger partial charge < -0.3 is 14.6 Å². The molecule has 0 radical (unpaired) electrons. The maximum absolute atomic E-state index is 12.3. The summed E-state index contributed by atoms with van der Waals surface area (Å²) in [6, 6.07) is 21.9. The van der Waals surface area contributed by atoms with Crippen LogP contribution in [0.3, 0.4) is 0 Å². The number of amides is 1. The van der Waals surface area contributed by atoms with E-state index in [0.717, 1.165) is 60.4 Å². The Balaban J connectivity index is 1.26. The lowest BCUT2D eigenvalue weighted by Gasteiger charge is -2.12. The standard InChI is InChI=1S/C30H34ClN3O2/c1-22-9-7-12-28(23(22)2)36-20-6-5-19-34-27-11-4-3-10-26(27)33-29(34)13-8-18-32-30(35)21-24-14-16-25(31)17-15-24/h3-4,7,9-12,14-17H,5-6,8,13,18-21H2,1-2H3,(H,32,35). The van der Waals surface area contributed by atoms with Gasteiger partial charge in [0.2, 0.25) is 5.91 Å². The molecule has 4 aromatic rings. The van der Waals surface area contributed by atoms with Gasteiger partial charge in [-0.25, -0.2) is 4.98 Å². The quantitative estimate of drug-likeness (QED) is 0.226. The minimum absolute atomic E-state index is 0.0228. The highest BCUT2D eigenvalue weighted by Crippen LogP contribution is 2.21. The first-order chi connectivity index (χ1) is 17.5. The third-order valence-corrected chi connectivity index (χ3v) is 6.75. The number of halogens is 1. The van der Waals surface area contributed by atoms with Crippen molar-refractivity contribution in [3.63, 3.8) is 0 Å². The Morgan fingerprint density at radius 1 is 0.972 bits per heavy atom. The van der Waals surface area contributed by atoms with Gasteiger partial charge in [0.05, 0.1) is 24.1 Å². The molecule has 5 nitrogen and oxygen atoms in total. The smallest absolute Gasteiger partial charge is 0.224 e. The van der Waals surface area contributed by atoms with Crippen molar-refractivity contribution in [2.75, 3.05) is 13.2 Å². The van der Waals surface area contributed by atoms with E-state index in [0.29, 0.717) is 24.6 Å². The Bertz CT molecular complexity index is 1300. The molecule has 0 spiro atoms. The summed E-state index contributed by atoms with van der Waals surface area (Å²) < 4.78 is 8.36. The first kappa shape index (κ1) is 25.8. The fraction of sp³-hybridized carbons (Fsp3) is 0.333. The van der Waals surface area contributed by atoms with Crippen LogP contribution < -0.4 is 10.1 Å². The van der Waals surface area contributed by atoms with Gasteiger partial charge in [-0.15, -0.1) is 0 Å². The summed E-state index contributed by atoms with van der Waals surface area (Å²) in [5.41, 5.74) is 5.60. The number of benzene rings is 3. The van der Waals surface area contributed by atoms with Crippen LogP contribution >= 0.6 is 11.6 Å². The van der Waals surface area contributed by atoms with Crippen molar-refractivity contribution in [1.29, 1.82) is 0 Å². The zero-order valence-corrected chi connectivity index (χ0v) is 21.9. The van der Waals surface area contributed by atoms with Gasteiger partial charge in [-0.2, -0.15) is 0 Å². The van der Waals surface area contributed by atoms with Gasteiger partial charge >= 0.3 is 0 Å². The summed E-state index contributed by atoms with van der Waals surface area (Å²) >= 11 is 5.92. The summed E-state index contributed by atoms with van der Waals surface area (Å²) in [7, 11) is 0. The highest BCUT2D eigenvalue weighted by molar-refractivity contribution is 6.30. The number of nitrogens with zero attached hydrogens (tertiary/aromatic N) is 2. The molecule has 1 aromatic heterocycles.